The van der Waals surface area contributed by atoms with Crippen molar-refractivity contribution in [3.8, 4) is 0 Å². The number of para-hydroxylation sites is 1. The van der Waals surface area contributed by atoms with E-state index in [4.69, 9.17) is 0 Å². The Bertz CT molecular complexity index is 593. The Balaban J connectivity index is 0.00000441. The van der Waals surface area contributed by atoms with E-state index in [-0.39, 0.29) is 30.3 Å². The van der Waals surface area contributed by atoms with Crippen LogP contribution < -0.4 is 15.4 Å². The third kappa shape index (κ3) is 6.64. The monoisotopic (exact) mass is 349 g/mol. The number of carbonyl (C=O) groups is 1. The second-order valence-corrected chi connectivity index (χ2v) is 6.90. The van der Waals surface area contributed by atoms with Crippen LogP contribution in [-0.2, 0) is 14.8 Å². The number of benzene rings is 1. The third-order valence-electron chi connectivity index (χ3n) is 3.04. The molecule has 1 amide bonds. The number of carbonyl (C=O) groups excluding carboxylic acids is 1. The van der Waals surface area contributed by atoms with Gasteiger partial charge < -0.3 is 10.6 Å². The second kappa shape index (κ2) is 8.97. The predicted molar refractivity (Wildman–Crippen MR) is 91.8 cm³/mol. The molecule has 8 heteroatoms. The molecule has 6 nitrogen and oxygen atoms in total. The van der Waals surface area contributed by atoms with Crippen LogP contribution in [0.5, 0.6) is 0 Å². The Morgan fingerprint density at radius 2 is 1.82 bits per heavy atom. The van der Waals surface area contributed by atoms with E-state index in [2.05, 4.69) is 15.4 Å². The summed E-state index contributed by atoms with van der Waals surface area (Å²) in [5, 5.41) is 5.84. The summed E-state index contributed by atoms with van der Waals surface area (Å²) in [4.78, 5) is 12.0. The summed E-state index contributed by atoms with van der Waals surface area (Å²) in [7, 11) is -1.57. The maximum Gasteiger partial charge on any atom is 0.229 e. The van der Waals surface area contributed by atoms with E-state index in [1.165, 1.54) is 0 Å². The highest BCUT2D eigenvalue weighted by molar-refractivity contribution is 7.92. The van der Waals surface area contributed by atoms with Crippen molar-refractivity contribution in [2.24, 2.45) is 5.92 Å². The number of nitrogens with one attached hydrogen (secondary N) is 3. The summed E-state index contributed by atoms with van der Waals surface area (Å²) < 4.78 is 25.2. The first-order valence-corrected chi connectivity index (χ1v) is 8.65. The smallest absolute Gasteiger partial charge is 0.229 e. The molecule has 0 aromatic heterocycles. The molecule has 1 aromatic rings. The number of amides is 1. The van der Waals surface area contributed by atoms with Gasteiger partial charge in [-0.2, -0.15) is 0 Å². The lowest BCUT2D eigenvalue weighted by Crippen LogP contribution is -2.36. The quantitative estimate of drug-likeness (QED) is 0.696. The molecule has 0 radical (unpaired) electrons. The first-order chi connectivity index (χ1) is 9.74. The number of sulfonamides is 1. The van der Waals surface area contributed by atoms with Crippen molar-refractivity contribution in [2.45, 2.75) is 19.9 Å². The third-order valence-corrected chi connectivity index (χ3v) is 3.63. The van der Waals surface area contributed by atoms with Gasteiger partial charge in [0.2, 0.25) is 15.9 Å². The Hall–Kier alpha value is -1.31. The zero-order chi connectivity index (χ0) is 16.0. The van der Waals surface area contributed by atoms with Crippen molar-refractivity contribution < 1.29 is 13.2 Å². The molecule has 22 heavy (non-hydrogen) atoms. The van der Waals surface area contributed by atoms with Gasteiger partial charge in [0, 0.05) is 12.5 Å². The Labute approximate surface area is 138 Å². The molecular formula is C14H24ClN3O3S. The van der Waals surface area contributed by atoms with Crippen molar-refractivity contribution in [1.29, 1.82) is 0 Å². The number of halogens is 1. The fraction of sp³-hybridized carbons (Fsp3) is 0.500. The molecule has 2 atom stereocenters. The van der Waals surface area contributed by atoms with Crippen LogP contribution in [0.2, 0.25) is 0 Å². The van der Waals surface area contributed by atoms with E-state index in [9.17, 15) is 13.2 Å². The second-order valence-electron chi connectivity index (χ2n) is 5.15. The van der Waals surface area contributed by atoms with Gasteiger partial charge in [-0.15, -0.1) is 12.4 Å². The van der Waals surface area contributed by atoms with Gasteiger partial charge in [0.25, 0.3) is 0 Å². The molecule has 0 saturated heterocycles. The van der Waals surface area contributed by atoms with Crippen molar-refractivity contribution >= 4 is 34.0 Å². The summed E-state index contributed by atoms with van der Waals surface area (Å²) in [6, 6.07) is 6.73. The SMILES string of the molecule is CNCC(C)C(=O)NC(C)c1ccccc1NS(C)(=O)=O.Cl. The number of anilines is 1. The number of hydrogen-bond acceptors (Lipinski definition) is 4. The van der Waals surface area contributed by atoms with Crippen LogP contribution in [0.15, 0.2) is 24.3 Å². The maximum absolute atomic E-state index is 12.0. The highest BCUT2D eigenvalue weighted by Crippen LogP contribution is 2.23. The van der Waals surface area contributed by atoms with Gasteiger partial charge in [0.05, 0.1) is 18.0 Å². The van der Waals surface area contributed by atoms with Crippen LogP contribution >= 0.6 is 12.4 Å². The zero-order valence-corrected chi connectivity index (χ0v) is 14.8. The molecule has 0 fully saturated rings. The van der Waals surface area contributed by atoms with Gasteiger partial charge in [-0.3, -0.25) is 9.52 Å². The Morgan fingerprint density at radius 3 is 2.36 bits per heavy atom. The van der Waals surface area contributed by atoms with Crippen LogP contribution in [0.3, 0.4) is 0 Å². The van der Waals surface area contributed by atoms with Gasteiger partial charge in [0.1, 0.15) is 0 Å². The van der Waals surface area contributed by atoms with Crippen molar-refractivity contribution in [1.82, 2.24) is 10.6 Å². The topological polar surface area (TPSA) is 87.3 Å². The molecule has 2 unspecified atom stereocenters. The minimum absolute atomic E-state index is 0. The first kappa shape index (κ1) is 20.7. The summed E-state index contributed by atoms with van der Waals surface area (Å²) in [5.41, 5.74) is 1.21. The van der Waals surface area contributed by atoms with E-state index in [0.29, 0.717) is 12.2 Å². The fourth-order valence-corrected chi connectivity index (χ4v) is 2.58. The van der Waals surface area contributed by atoms with E-state index < -0.39 is 10.0 Å². The number of rotatable bonds is 7. The summed E-state index contributed by atoms with van der Waals surface area (Å²) >= 11 is 0. The standard InChI is InChI=1S/C14H23N3O3S.ClH/c1-10(9-15-3)14(18)16-11(2)12-7-5-6-8-13(12)17-21(4,19)20;/h5-8,10-11,15,17H,9H2,1-4H3,(H,16,18);1H. The predicted octanol–water partition coefficient (Wildman–Crippen LogP) is 1.51. The van der Waals surface area contributed by atoms with Crippen molar-refractivity contribution in [3.63, 3.8) is 0 Å². The lowest BCUT2D eigenvalue weighted by Gasteiger charge is -2.20. The highest BCUT2D eigenvalue weighted by atomic mass is 35.5. The molecule has 126 valence electrons. The number of hydrogen-bond donors (Lipinski definition) is 3. The average molecular weight is 350 g/mol. The van der Waals surface area contributed by atoms with Crippen molar-refractivity contribution in [3.05, 3.63) is 29.8 Å². The van der Waals surface area contributed by atoms with Crippen LogP contribution in [-0.4, -0.2) is 34.2 Å². The molecule has 0 bridgehead atoms. The molecule has 0 saturated carbocycles. The molecule has 1 rings (SSSR count). The zero-order valence-electron chi connectivity index (χ0n) is 13.2. The lowest BCUT2D eigenvalue weighted by atomic mass is 10.0. The van der Waals surface area contributed by atoms with Gasteiger partial charge in [-0.1, -0.05) is 25.1 Å². The van der Waals surface area contributed by atoms with E-state index in [0.717, 1.165) is 11.8 Å². The van der Waals surface area contributed by atoms with Crippen LogP contribution in [0.1, 0.15) is 25.5 Å². The van der Waals surface area contributed by atoms with Crippen LogP contribution in [0.4, 0.5) is 5.69 Å². The summed E-state index contributed by atoms with van der Waals surface area (Å²) in [6.45, 7) is 4.24. The average Bonchev–Trinajstić information content (AvgIpc) is 2.37. The summed E-state index contributed by atoms with van der Waals surface area (Å²) in [6.07, 6.45) is 1.10. The Kier molecular flexibility index (Phi) is 8.44. The van der Waals surface area contributed by atoms with Crippen LogP contribution in [0.25, 0.3) is 0 Å². The first-order valence-electron chi connectivity index (χ1n) is 6.76. The molecule has 0 aliphatic carbocycles. The maximum atomic E-state index is 12.0. The van der Waals surface area contributed by atoms with Gasteiger partial charge >= 0.3 is 0 Å². The minimum atomic E-state index is -3.36. The fourth-order valence-electron chi connectivity index (χ4n) is 2.00. The normalized spacial score (nSPS) is 13.6. The molecule has 3 N–H and O–H groups in total. The van der Waals surface area contributed by atoms with Gasteiger partial charge in [0.15, 0.2) is 0 Å². The minimum Gasteiger partial charge on any atom is -0.349 e. The summed E-state index contributed by atoms with van der Waals surface area (Å²) in [5.74, 6) is -0.238. The van der Waals surface area contributed by atoms with Gasteiger partial charge in [-0.25, -0.2) is 8.42 Å². The molecule has 0 heterocycles. The Morgan fingerprint density at radius 1 is 1.23 bits per heavy atom. The molecule has 0 aliphatic heterocycles. The molecule has 1 aromatic carbocycles. The largest absolute Gasteiger partial charge is 0.349 e. The van der Waals surface area contributed by atoms with Gasteiger partial charge in [-0.05, 0) is 25.6 Å². The van der Waals surface area contributed by atoms with E-state index in [1.807, 2.05) is 19.9 Å². The van der Waals surface area contributed by atoms with E-state index >= 15 is 0 Å². The lowest BCUT2D eigenvalue weighted by molar-refractivity contribution is -0.125. The van der Waals surface area contributed by atoms with Crippen molar-refractivity contribution in [2.75, 3.05) is 24.6 Å². The van der Waals surface area contributed by atoms with Crippen LogP contribution in [0, 0.1) is 5.92 Å². The molecule has 0 spiro atoms. The molecule has 0 aliphatic rings. The highest BCUT2D eigenvalue weighted by Gasteiger charge is 2.18. The van der Waals surface area contributed by atoms with E-state index in [1.54, 1.807) is 25.2 Å². The molecular weight excluding hydrogens is 326 g/mol.